The molecule has 1 aromatic heterocycles. The van der Waals surface area contributed by atoms with Crippen LogP contribution < -0.4 is 20.8 Å². The molecule has 4 aromatic rings. The number of nitrogens with zero attached hydrogens (tertiary/aromatic N) is 1. The summed E-state index contributed by atoms with van der Waals surface area (Å²) in [6.45, 7) is 1.85. The number of aryl methyl sites for hydroxylation is 1. The minimum absolute atomic E-state index is 0.0315. The summed E-state index contributed by atoms with van der Waals surface area (Å²) in [7, 11) is 1.35. The lowest BCUT2D eigenvalue weighted by molar-refractivity contribution is -0.137. The van der Waals surface area contributed by atoms with E-state index in [0.29, 0.717) is 10.9 Å². The first-order valence-corrected chi connectivity index (χ1v) is 11.1. The number of fused-ring (bicyclic) bond motifs is 3. The number of nitrogens with two attached hydrogens (primary N) is 1. The van der Waals surface area contributed by atoms with Crippen molar-refractivity contribution in [3.8, 4) is 28.7 Å². The highest BCUT2D eigenvalue weighted by atomic mass is 19.4. The van der Waals surface area contributed by atoms with Crippen molar-refractivity contribution in [3.05, 3.63) is 105 Å². The number of halogens is 3. The van der Waals surface area contributed by atoms with Crippen LogP contribution in [0.5, 0.6) is 11.5 Å². The van der Waals surface area contributed by atoms with Gasteiger partial charge in [0, 0.05) is 5.56 Å². The second kappa shape index (κ2) is 8.75. The molecular formula is C28H19F3N2O4. The molecule has 0 bridgehead atoms. The maximum atomic E-state index is 13.8. The van der Waals surface area contributed by atoms with Gasteiger partial charge in [-0.25, -0.2) is 4.79 Å². The van der Waals surface area contributed by atoms with E-state index in [1.807, 2.05) is 13.0 Å². The van der Waals surface area contributed by atoms with Crippen LogP contribution in [0.15, 0.2) is 81.3 Å². The zero-order valence-electron chi connectivity index (χ0n) is 19.6. The van der Waals surface area contributed by atoms with Gasteiger partial charge in [0.1, 0.15) is 23.0 Å². The molecule has 5 rings (SSSR count). The smallest absolute Gasteiger partial charge is 0.417 e. The average Bonchev–Trinajstić information content (AvgIpc) is 2.87. The molecule has 37 heavy (non-hydrogen) atoms. The van der Waals surface area contributed by atoms with Crippen molar-refractivity contribution in [2.24, 2.45) is 5.73 Å². The van der Waals surface area contributed by atoms with Crippen LogP contribution in [0.3, 0.4) is 0 Å². The van der Waals surface area contributed by atoms with Crippen LogP contribution in [0.2, 0.25) is 0 Å². The third-order valence-corrected chi connectivity index (χ3v) is 6.30. The fourth-order valence-electron chi connectivity index (χ4n) is 4.65. The summed E-state index contributed by atoms with van der Waals surface area (Å²) in [6, 6.07) is 16.8. The minimum atomic E-state index is -4.62. The molecule has 0 saturated carbocycles. The van der Waals surface area contributed by atoms with Crippen molar-refractivity contribution < 1.29 is 27.1 Å². The largest absolute Gasteiger partial charge is 0.496 e. The molecule has 0 saturated heterocycles. The molecule has 6 nitrogen and oxygen atoms in total. The Morgan fingerprint density at radius 2 is 1.81 bits per heavy atom. The predicted molar refractivity (Wildman–Crippen MR) is 130 cm³/mol. The number of hydrogen-bond acceptors (Lipinski definition) is 6. The number of allylic oxidation sites excluding steroid dienone is 1. The quantitative estimate of drug-likeness (QED) is 0.343. The van der Waals surface area contributed by atoms with Crippen LogP contribution in [0, 0.1) is 18.3 Å². The zero-order valence-corrected chi connectivity index (χ0v) is 19.6. The Hall–Kier alpha value is -4.71. The highest BCUT2D eigenvalue weighted by molar-refractivity contribution is 5.87. The maximum Gasteiger partial charge on any atom is 0.417 e. The van der Waals surface area contributed by atoms with Crippen molar-refractivity contribution in [1.82, 2.24) is 0 Å². The minimum Gasteiger partial charge on any atom is -0.496 e. The van der Waals surface area contributed by atoms with Gasteiger partial charge in [0.2, 0.25) is 5.88 Å². The first-order valence-electron chi connectivity index (χ1n) is 11.1. The summed E-state index contributed by atoms with van der Waals surface area (Å²) in [5.41, 5.74) is 6.01. The zero-order chi connectivity index (χ0) is 26.5. The SMILES string of the molecule is COc1ccc(C2C(C#N)=C(N)Oc3c2c(=O)oc2ccc(C)cc32)cc1-c1ccccc1C(F)(F)F. The van der Waals surface area contributed by atoms with Gasteiger partial charge < -0.3 is 19.6 Å². The normalized spacial score (nSPS) is 15.2. The molecule has 0 fully saturated rings. The fraction of sp³-hybridized carbons (Fsp3) is 0.143. The number of benzene rings is 3. The highest BCUT2D eigenvalue weighted by Crippen LogP contribution is 2.46. The van der Waals surface area contributed by atoms with Gasteiger partial charge in [0.05, 0.1) is 29.5 Å². The summed E-state index contributed by atoms with van der Waals surface area (Å²) >= 11 is 0. The van der Waals surface area contributed by atoms with E-state index in [-0.39, 0.29) is 45.2 Å². The molecule has 3 aromatic carbocycles. The summed E-state index contributed by atoms with van der Waals surface area (Å²) < 4.78 is 58.2. The molecule has 1 aliphatic heterocycles. The van der Waals surface area contributed by atoms with Gasteiger partial charge >= 0.3 is 11.8 Å². The Kier molecular flexibility index (Phi) is 5.67. The molecular weight excluding hydrogens is 485 g/mol. The lowest BCUT2D eigenvalue weighted by Crippen LogP contribution is -2.26. The summed E-state index contributed by atoms with van der Waals surface area (Å²) in [5.74, 6) is -0.923. The van der Waals surface area contributed by atoms with Crippen molar-refractivity contribution in [1.29, 1.82) is 5.26 Å². The van der Waals surface area contributed by atoms with E-state index in [0.717, 1.165) is 11.6 Å². The van der Waals surface area contributed by atoms with Crippen molar-refractivity contribution >= 4 is 11.0 Å². The number of methoxy groups -OCH3 is 1. The van der Waals surface area contributed by atoms with E-state index in [2.05, 4.69) is 0 Å². The Morgan fingerprint density at radius 1 is 1.05 bits per heavy atom. The van der Waals surface area contributed by atoms with Gasteiger partial charge in [-0.15, -0.1) is 0 Å². The van der Waals surface area contributed by atoms with Gasteiger partial charge in [-0.3, -0.25) is 0 Å². The van der Waals surface area contributed by atoms with E-state index < -0.39 is 23.3 Å². The first-order chi connectivity index (χ1) is 17.6. The van der Waals surface area contributed by atoms with Crippen LogP contribution >= 0.6 is 0 Å². The Labute approximate surface area is 209 Å². The Balaban J connectivity index is 1.81. The molecule has 0 aliphatic carbocycles. The molecule has 186 valence electrons. The number of alkyl halides is 3. The lowest BCUT2D eigenvalue weighted by Gasteiger charge is -2.27. The van der Waals surface area contributed by atoms with E-state index in [1.54, 1.807) is 24.3 Å². The molecule has 9 heteroatoms. The second-order valence-corrected chi connectivity index (χ2v) is 8.56. The second-order valence-electron chi connectivity index (χ2n) is 8.56. The maximum absolute atomic E-state index is 13.8. The fourth-order valence-corrected chi connectivity index (χ4v) is 4.65. The molecule has 1 aliphatic rings. The molecule has 1 atom stereocenters. The van der Waals surface area contributed by atoms with Gasteiger partial charge in [0.15, 0.2) is 5.75 Å². The summed E-state index contributed by atoms with van der Waals surface area (Å²) in [5, 5.41) is 10.4. The number of nitriles is 1. The predicted octanol–water partition coefficient (Wildman–Crippen LogP) is 6.01. The lowest BCUT2D eigenvalue weighted by atomic mass is 9.82. The standard InChI is InChI=1S/C28H19F3N2O4/c1-14-7-9-22-18(11-14)25-24(27(34)36-22)23(19(13-32)26(33)37-25)15-8-10-21(35-2)17(12-15)16-5-3-4-6-20(16)28(29,30)31/h3-12,23H,33H2,1-2H3. The van der Waals surface area contributed by atoms with E-state index in [9.17, 15) is 23.2 Å². The summed E-state index contributed by atoms with van der Waals surface area (Å²) in [4.78, 5) is 13.2. The highest BCUT2D eigenvalue weighted by Gasteiger charge is 2.37. The third-order valence-electron chi connectivity index (χ3n) is 6.30. The van der Waals surface area contributed by atoms with Crippen molar-refractivity contribution in [2.45, 2.75) is 19.0 Å². The molecule has 0 spiro atoms. The monoisotopic (exact) mass is 504 g/mol. The topological polar surface area (TPSA) is 98.5 Å². The van der Waals surface area contributed by atoms with Gasteiger partial charge in [-0.1, -0.05) is 35.9 Å². The van der Waals surface area contributed by atoms with Gasteiger partial charge in [0.25, 0.3) is 0 Å². The molecule has 0 radical (unpaired) electrons. The van der Waals surface area contributed by atoms with Crippen molar-refractivity contribution in [2.75, 3.05) is 7.11 Å². The molecule has 2 N–H and O–H groups in total. The van der Waals surface area contributed by atoms with Crippen molar-refractivity contribution in [3.63, 3.8) is 0 Å². The molecule has 0 amide bonds. The number of rotatable bonds is 3. The van der Waals surface area contributed by atoms with Crippen LogP contribution in [0.25, 0.3) is 22.1 Å². The third kappa shape index (κ3) is 3.96. The van der Waals surface area contributed by atoms with E-state index in [1.165, 1.54) is 37.4 Å². The Bertz CT molecular complexity index is 1700. The van der Waals surface area contributed by atoms with Gasteiger partial charge in [-0.05, 0) is 48.4 Å². The van der Waals surface area contributed by atoms with Crippen LogP contribution in [0.1, 0.15) is 28.2 Å². The first kappa shape index (κ1) is 24.0. The number of hydrogen-bond donors (Lipinski definition) is 1. The van der Waals surface area contributed by atoms with Gasteiger partial charge in [-0.2, -0.15) is 18.4 Å². The molecule has 1 unspecified atom stereocenters. The van der Waals surface area contributed by atoms with E-state index >= 15 is 0 Å². The average molecular weight is 504 g/mol. The number of ether oxygens (including phenoxy) is 2. The van der Waals surface area contributed by atoms with Crippen LogP contribution in [-0.4, -0.2) is 7.11 Å². The van der Waals surface area contributed by atoms with E-state index in [4.69, 9.17) is 19.6 Å². The molecule has 2 heterocycles. The Morgan fingerprint density at radius 3 is 2.51 bits per heavy atom. The van der Waals surface area contributed by atoms with Crippen LogP contribution in [-0.2, 0) is 6.18 Å². The van der Waals surface area contributed by atoms with Crippen LogP contribution in [0.4, 0.5) is 13.2 Å². The summed E-state index contributed by atoms with van der Waals surface area (Å²) in [6.07, 6.45) is -4.62.